The van der Waals surface area contributed by atoms with Crippen molar-refractivity contribution in [1.29, 1.82) is 0 Å². The van der Waals surface area contributed by atoms with Crippen molar-refractivity contribution in [3.8, 4) is 0 Å². The molecule has 0 radical (unpaired) electrons. The van der Waals surface area contributed by atoms with E-state index < -0.39 is 28.7 Å². The molecule has 1 heterocycles. The number of sulfonamides is 1. The van der Waals surface area contributed by atoms with Gasteiger partial charge in [0.2, 0.25) is 10.0 Å². The fraction of sp³-hybridized carbons (Fsp3) is 0.562. The number of alkyl halides is 3. The standard InChI is InChI=1S/C16H22F3N3O3S/c1-2-21-26(24,25)14-5-3-4-13(8-14)15(23)20-9-12-6-7-22(10-12)11-16(17,18)19/h3-5,8,12,21H,2,6-7,9-11H2,1H3,(H,20,23). The summed E-state index contributed by atoms with van der Waals surface area (Å²) in [6.07, 6.45) is -3.65. The predicted octanol–water partition coefficient (Wildman–Crippen LogP) is 1.60. The number of benzene rings is 1. The van der Waals surface area contributed by atoms with Gasteiger partial charge in [0.05, 0.1) is 11.4 Å². The Morgan fingerprint density at radius 1 is 1.35 bits per heavy atom. The van der Waals surface area contributed by atoms with Crippen LogP contribution in [0, 0.1) is 5.92 Å². The monoisotopic (exact) mass is 393 g/mol. The molecule has 1 aliphatic heterocycles. The normalized spacial score (nSPS) is 18.8. The molecular formula is C16H22F3N3O3S. The molecule has 6 nitrogen and oxygen atoms in total. The number of nitrogens with zero attached hydrogens (tertiary/aromatic N) is 1. The van der Waals surface area contributed by atoms with Gasteiger partial charge in [-0.2, -0.15) is 13.2 Å². The molecule has 1 unspecified atom stereocenters. The second-order valence-electron chi connectivity index (χ2n) is 6.24. The van der Waals surface area contributed by atoms with Crippen molar-refractivity contribution >= 4 is 15.9 Å². The van der Waals surface area contributed by atoms with E-state index in [0.717, 1.165) is 0 Å². The summed E-state index contributed by atoms with van der Waals surface area (Å²) >= 11 is 0. The Balaban J connectivity index is 1.91. The number of likely N-dealkylation sites (tertiary alicyclic amines) is 1. The molecular weight excluding hydrogens is 371 g/mol. The zero-order valence-corrected chi connectivity index (χ0v) is 15.2. The summed E-state index contributed by atoms with van der Waals surface area (Å²) in [7, 11) is -3.66. The number of nitrogens with one attached hydrogen (secondary N) is 2. The van der Waals surface area contributed by atoms with E-state index in [1.807, 2.05) is 0 Å². The van der Waals surface area contributed by atoms with Gasteiger partial charge in [0, 0.05) is 25.2 Å². The lowest BCUT2D eigenvalue weighted by atomic mass is 10.1. The molecule has 0 aliphatic carbocycles. The van der Waals surface area contributed by atoms with Crippen LogP contribution in [-0.2, 0) is 10.0 Å². The summed E-state index contributed by atoms with van der Waals surface area (Å²) in [5.74, 6) is -0.511. The van der Waals surface area contributed by atoms with E-state index in [9.17, 15) is 26.4 Å². The van der Waals surface area contributed by atoms with Gasteiger partial charge in [0.1, 0.15) is 0 Å². The van der Waals surface area contributed by atoms with Crippen molar-refractivity contribution in [2.75, 3.05) is 32.7 Å². The lowest BCUT2D eigenvalue weighted by Gasteiger charge is -2.18. The number of rotatable bonds is 7. The van der Waals surface area contributed by atoms with E-state index in [2.05, 4.69) is 10.0 Å². The summed E-state index contributed by atoms with van der Waals surface area (Å²) in [6.45, 7) is 1.80. The topological polar surface area (TPSA) is 78.5 Å². The van der Waals surface area contributed by atoms with Crippen LogP contribution in [0.25, 0.3) is 0 Å². The molecule has 1 aromatic carbocycles. The average Bonchev–Trinajstić information content (AvgIpc) is 2.98. The van der Waals surface area contributed by atoms with Crippen LogP contribution in [-0.4, -0.2) is 58.1 Å². The molecule has 1 aromatic rings. The van der Waals surface area contributed by atoms with Gasteiger partial charge in [-0.3, -0.25) is 9.69 Å². The van der Waals surface area contributed by atoms with Crippen LogP contribution in [0.1, 0.15) is 23.7 Å². The maximum Gasteiger partial charge on any atom is 0.401 e. The third-order valence-corrected chi connectivity index (χ3v) is 5.61. The molecule has 1 saturated heterocycles. The van der Waals surface area contributed by atoms with Gasteiger partial charge in [0.25, 0.3) is 5.91 Å². The van der Waals surface area contributed by atoms with Crippen molar-refractivity contribution in [2.45, 2.75) is 24.4 Å². The third kappa shape index (κ3) is 5.96. The largest absolute Gasteiger partial charge is 0.401 e. The fourth-order valence-electron chi connectivity index (χ4n) is 2.89. The summed E-state index contributed by atoms with van der Waals surface area (Å²) in [4.78, 5) is 13.5. The van der Waals surface area contributed by atoms with E-state index >= 15 is 0 Å². The number of hydrogen-bond acceptors (Lipinski definition) is 4. The SMILES string of the molecule is CCNS(=O)(=O)c1cccc(C(=O)NCC2CCN(CC(F)(F)F)C2)c1. The number of amides is 1. The van der Waals surface area contributed by atoms with Crippen LogP contribution < -0.4 is 10.0 Å². The zero-order valence-electron chi connectivity index (χ0n) is 14.3. The highest BCUT2D eigenvalue weighted by Crippen LogP contribution is 2.22. The molecule has 0 aromatic heterocycles. The predicted molar refractivity (Wildman–Crippen MR) is 90.2 cm³/mol. The number of halogens is 3. The molecule has 2 N–H and O–H groups in total. The Morgan fingerprint density at radius 2 is 2.08 bits per heavy atom. The third-order valence-electron chi connectivity index (χ3n) is 4.07. The van der Waals surface area contributed by atoms with Crippen LogP contribution in [0.5, 0.6) is 0 Å². The number of hydrogen-bond donors (Lipinski definition) is 2. The number of carbonyl (C=O) groups excluding carboxylic acids is 1. The lowest BCUT2D eigenvalue weighted by molar-refractivity contribution is -0.143. The van der Waals surface area contributed by atoms with Gasteiger partial charge in [-0.25, -0.2) is 13.1 Å². The zero-order chi connectivity index (χ0) is 19.4. The Bertz CT molecular complexity index is 738. The quantitative estimate of drug-likeness (QED) is 0.738. The van der Waals surface area contributed by atoms with Gasteiger partial charge in [-0.15, -0.1) is 0 Å². The molecule has 10 heteroatoms. The van der Waals surface area contributed by atoms with E-state index in [0.29, 0.717) is 13.0 Å². The first-order valence-corrected chi connectivity index (χ1v) is 9.76. The first-order valence-electron chi connectivity index (χ1n) is 8.28. The van der Waals surface area contributed by atoms with Crippen molar-refractivity contribution in [3.05, 3.63) is 29.8 Å². The van der Waals surface area contributed by atoms with Gasteiger partial charge in [-0.05, 0) is 37.1 Å². The first-order chi connectivity index (χ1) is 12.1. The maximum absolute atomic E-state index is 12.4. The minimum atomic E-state index is -4.23. The van der Waals surface area contributed by atoms with E-state index in [1.54, 1.807) is 6.92 Å². The van der Waals surface area contributed by atoms with E-state index in [1.165, 1.54) is 29.2 Å². The van der Waals surface area contributed by atoms with E-state index in [4.69, 9.17) is 0 Å². The van der Waals surface area contributed by atoms with Crippen LogP contribution >= 0.6 is 0 Å². The highest BCUT2D eigenvalue weighted by molar-refractivity contribution is 7.89. The van der Waals surface area contributed by atoms with Crippen LogP contribution in [0.2, 0.25) is 0 Å². The lowest BCUT2D eigenvalue weighted by Crippen LogP contribution is -2.34. The van der Waals surface area contributed by atoms with Crippen LogP contribution in [0.4, 0.5) is 13.2 Å². The maximum atomic E-state index is 12.4. The van der Waals surface area contributed by atoms with Crippen LogP contribution in [0.3, 0.4) is 0 Å². The summed E-state index contributed by atoms with van der Waals surface area (Å²) in [6, 6.07) is 5.63. The molecule has 26 heavy (non-hydrogen) atoms. The Hall–Kier alpha value is -1.65. The summed E-state index contributed by atoms with van der Waals surface area (Å²) < 4.78 is 63.5. The van der Waals surface area contributed by atoms with Gasteiger partial charge in [-0.1, -0.05) is 13.0 Å². The highest BCUT2D eigenvalue weighted by atomic mass is 32.2. The summed E-state index contributed by atoms with van der Waals surface area (Å²) in [5, 5.41) is 2.67. The Labute approximate surface area is 150 Å². The smallest absolute Gasteiger partial charge is 0.352 e. The Morgan fingerprint density at radius 3 is 2.73 bits per heavy atom. The molecule has 146 valence electrons. The second-order valence-corrected chi connectivity index (χ2v) is 8.01. The average molecular weight is 393 g/mol. The minimum Gasteiger partial charge on any atom is -0.352 e. The van der Waals surface area contributed by atoms with Crippen LogP contribution in [0.15, 0.2) is 29.2 Å². The Kier molecular flexibility index (Phi) is 6.64. The van der Waals surface area contributed by atoms with Crippen molar-refractivity contribution in [2.24, 2.45) is 5.92 Å². The van der Waals surface area contributed by atoms with Crippen molar-refractivity contribution in [3.63, 3.8) is 0 Å². The fourth-order valence-corrected chi connectivity index (χ4v) is 3.98. The summed E-state index contributed by atoms with van der Waals surface area (Å²) in [5.41, 5.74) is 0.189. The van der Waals surface area contributed by atoms with Crippen molar-refractivity contribution in [1.82, 2.24) is 14.9 Å². The molecule has 1 aliphatic rings. The molecule has 0 spiro atoms. The van der Waals surface area contributed by atoms with Gasteiger partial charge >= 0.3 is 6.18 Å². The molecule has 1 amide bonds. The molecule has 1 atom stereocenters. The van der Waals surface area contributed by atoms with Crippen molar-refractivity contribution < 1.29 is 26.4 Å². The molecule has 2 rings (SSSR count). The molecule has 0 saturated carbocycles. The van der Waals surface area contributed by atoms with Gasteiger partial charge < -0.3 is 5.32 Å². The minimum absolute atomic E-state index is 0.00998. The van der Waals surface area contributed by atoms with E-state index in [-0.39, 0.29) is 36.0 Å². The second kappa shape index (κ2) is 8.36. The molecule has 1 fully saturated rings. The molecule has 0 bridgehead atoms. The number of carbonyl (C=O) groups is 1. The first kappa shape index (κ1) is 20.7. The highest BCUT2D eigenvalue weighted by Gasteiger charge is 2.34. The van der Waals surface area contributed by atoms with Gasteiger partial charge in [0.15, 0.2) is 0 Å².